The van der Waals surface area contributed by atoms with E-state index in [9.17, 15) is 0 Å². The first kappa shape index (κ1) is 12.9. The molecular formula is C13H18BrNO2. The summed E-state index contributed by atoms with van der Waals surface area (Å²) in [5.41, 5.74) is 1.23. The van der Waals surface area contributed by atoms with E-state index in [1.54, 1.807) is 0 Å². The lowest BCUT2D eigenvalue weighted by molar-refractivity contribution is 0.141. The molecule has 1 aliphatic rings. The molecule has 0 aliphatic carbocycles. The highest BCUT2D eigenvalue weighted by Crippen LogP contribution is 2.24. The molecule has 1 aromatic rings. The normalized spacial score (nSPS) is 19.5. The molecule has 1 fully saturated rings. The fourth-order valence-corrected chi connectivity index (χ4v) is 2.20. The minimum absolute atomic E-state index is 0.211. The van der Waals surface area contributed by atoms with Gasteiger partial charge < -0.3 is 14.8 Å². The van der Waals surface area contributed by atoms with E-state index in [-0.39, 0.29) is 6.10 Å². The van der Waals surface area contributed by atoms with Crippen LogP contribution in [0.2, 0.25) is 0 Å². The third kappa shape index (κ3) is 3.69. The Balaban J connectivity index is 2.01. The van der Waals surface area contributed by atoms with Crippen molar-refractivity contribution in [2.45, 2.75) is 26.0 Å². The Morgan fingerprint density at radius 2 is 2.41 bits per heavy atom. The van der Waals surface area contributed by atoms with Gasteiger partial charge in [-0.15, -0.1) is 0 Å². The average molecular weight is 300 g/mol. The molecule has 0 radical (unpaired) electrons. The molecule has 2 rings (SSSR count). The number of benzene rings is 1. The second kappa shape index (κ2) is 6.38. The average Bonchev–Trinajstić information content (AvgIpc) is 2.82. The number of ether oxygens (including phenoxy) is 2. The van der Waals surface area contributed by atoms with Gasteiger partial charge in [0.1, 0.15) is 11.9 Å². The van der Waals surface area contributed by atoms with Crippen LogP contribution in [-0.2, 0) is 11.3 Å². The zero-order valence-corrected chi connectivity index (χ0v) is 11.6. The first-order chi connectivity index (χ1) is 8.29. The lowest BCUT2D eigenvalue weighted by Gasteiger charge is -2.14. The Labute approximate surface area is 111 Å². The molecule has 17 heavy (non-hydrogen) atoms. The maximum Gasteiger partial charge on any atom is 0.124 e. The van der Waals surface area contributed by atoms with Crippen LogP contribution in [0.25, 0.3) is 0 Å². The quantitative estimate of drug-likeness (QED) is 0.907. The summed E-state index contributed by atoms with van der Waals surface area (Å²) in [6.45, 7) is 5.44. The molecule has 1 heterocycles. The van der Waals surface area contributed by atoms with Crippen LogP contribution in [0.4, 0.5) is 0 Å². The van der Waals surface area contributed by atoms with Crippen molar-refractivity contribution < 1.29 is 9.47 Å². The molecule has 1 atom stereocenters. The Bertz CT molecular complexity index is 364. The fourth-order valence-electron chi connectivity index (χ4n) is 1.82. The fraction of sp³-hybridized carbons (Fsp3) is 0.538. The lowest BCUT2D eigenvalue weighted by Crippen LogP contribution is -2.16. The molecule has 3 nitrogen and oxygen atoms in total. The van der Waals surface area contributed by atoms with Gasteiger partial charge in [-0.05, 0) is 30.3 Å². The highest BCUT2D eigenvalue weighted by molar-refractivity contribution is 9.10. The second-order valence-corrected chi connectivity index (χ2v) is 4.99. The second-order valence-electron chi connectivity index (χ2n) is 4.14. The Morgan fingerprint density at radius 3 is 3.12 bits per heavy atom. The Hall–Kier alpha value is -0.580. The molecule has 0 spiro atoms. The van der Waals surface area contributed by atoms with Gasteiger partial charge in [0.15, 0.2) is 0 Å². The molecule has 1 aromatic carbocycles. The van der Waals surface area contributed by atoms with Crippen molar-refractivity contribution in [1.82, 2.24) is 5.32 Å². The minimum Gasteiger partial charge on any atom is -0.488 e. The van der Waals surface area contributed by atoms with Crippen LogP contribution in [0, 0.1) is 0 Å². The van der Waals surface area contributed by atoms with E-state index >= 15 is 0 Å². The number of hydrogen-bond acceptors (Lipinski definition) is 3. The van der Waals surface area contributed by atoms with Crippen molar-refractivity contribution in [1.29, 1.82) is 0 Å². The van der Waals surface area contributed by atoms with Crippen LogP contribution < -0.4 is 10.1 Å². The van der Waals surface area contributed by atoms with E-state index in [2.05, 4.69) is 34.2 Å². The van der Waals surface area contributed by atoms with Crippen molar-refractivity contribution in [2.24, 2.45) is 0 Å². The lowest BCUT2D eigenvalue weighted by atomic mass is 10.2. The van der Waals surface area contributed by atoms with Gasteiger partial charge in [-0.1, -0.05) is 22.9 Å². The van der Waals surface area contributed by atoms with Gasteiger partial charge in [0.25, 0.3) is 0 Å². The summed E-state index contributed by atoms with van der Waals surface area (Å²) in [6.07, 6.45) is 1.20. The van der Waals surface area contributed by atoms with Crippen LogP contribution in [-0.4, -0.2) is 25.9 Å². The topological polar surface area (TPSA) is 30.5 Å². The van der Waals surface area contributed by atoms with Gasteiger partial charge in [-0.25, -0.2) is 0 Å². The first-order valence-corrected chi connectivity index (χ1v) is 6.82. The van der Waals surface area contributed by atoms with Crippen molar-refractivity contribution in [3.05, 3.63) is 28.2 Å². The number of halogens is 1. The van der Waals surface area contributed by atoms with Gasteiger partial charge in [0, 0.05) is 17.4 Å². The highest BCUT2D eigenvalue weighted by Gasteiger charge is 2.17. The van der Waals surface area contributed by atoms with Crippen molar-refractivity contribution in [2.75, 3.05) is 19.8 Å². The molecule has 1 saturated heterocycles. The Kier molecular flexibility index (Phi) is 4.83. The van der Waals surface area contributed by atoms with Crippen molar-refractivity contribution >= 4 is 15.9 Å². The number of nitrogens with one attached hydrogen (secondary N) is 1. The van der Waals surface area contributed by atoms with Crippen LogP contribution in [0.1, 0.15) is 18.9 Å². The van der Waals surface area contributed by atoms with E-state index in [4.69, 9.17) is 9.47 Å². The smallest absolute Gasteiger partial charge is 0.124 e. The van der Waals surface area contributed by atoms with Crippen LogP contribution in [0.5, 0.6) is 5.75 Å². The summed E-state index contributed by atoms with van der Waals surface area (Å²) in [7, 11) is 0. The highest BCUT2D eigenvalue weighted by atomic mass is 79.9. The minimum atomic E-state index is 0.211. The summed E-state index contributed by atoms with van der Waals surface area (Å²) < 4.78 is 12.3. The predicted molar refractivity (Wildman–Crippen MR) is 71.4 cm³/mol. The molecule has 0 aromatic heterocycles. The van der Waals surface area contributed by atoms with Gasteiger partial charge >= 0.3 is 0 Å². The Morgan fingerprint density at radius 1 is 1.53 bits per heavy atom. The maximum absolute atomic E-state index is 5.88. The van der Waals surface area contributed by atoms with E-state index in [0.717, 1.165) is 36.3 Å². The molecule has 1 unspecified atom stereocenters. The van der Waals surface area contributed by atoms with Crippen molar-refractivity contribution in [3.63, 3.8) is 0 Å². The van der Waals surface area contributed by atoms with E-state index in [0.29, 0.717) is 6.61 Å². The summed E-state index contributed by atoms with van der Waals surface area (Å²) in [5.74, 6) is 0.927. The van der Waals surface area contributed by atoms with Gasteiger partial charge in [-0.3, -0.25) is 0 Å². The maximum atomic E-state index is 5.88. The summed E-state index contributed by atoms with van der Waals surface area (Å²) in [6, 6.07) is 6.13. The van der Waals surface area contributed by atoms with E-state index < -0.39 is 0 Å². The third-order valence-corrected chi connectivity index (χ3v) is 3.55. The molecule has 0 bridgehead atoms. The van der Waals surface area contributed by atoms with E-state index in [1.165, 1.54) is 5.56 Å². The standard InChI is InChI=1S/C13H18BrNO2/c1-2-15-8-10-7-11(3-4-13(10)14)17-12-5-6-16-9-12/h3-4,7,12,15H,2,5-6,8-9H2,1H3. The molecule has 1 aliphatic heterocycles. The number of rotatable bonds is 5. The molecule has 94 valence electrons. The van der Waals surface area contributed by atoms with Gasteiger partial charge in [0.05, 0.1) is 13.2 Å². The molecule has 0 amide bonds. The summed E-state index contributed by atoms with van der Waals surface area (Å²) >= 11 is 3.55. The van der Waals surface area contributed by atoms with Crippen molar-refractivity contribution in [3.8, 4) is 5.75 Å². The van der Waals surface area contributed by atoms with Crippen LogP contribution >= 0.6 is 15.9 Å². The predicted octanol–water partition coefficient (Wildman–Crippen LogP) is 2.73. The largest absolute Gasteiger partial charge is 0.488 e. The first-order valence-electron chi connectivity index (χ1n) is 6.03. The molecule has 4 heteroatoms. The zero-order valence-electron chi connectivity index (χ0n) is 10.0. The molecule has 1 N–H and O–H groups in total. The van der Waals surface area contributed by atoms with Gasteiger partial charge in [-0.2, -0.15) is 0 Å². The number of hydrogen-bond donors (Lipinski definition) is 1. The molecule has 0 saturated carbocycles. The summed E-state index contributed by atoms with van der Waals surface area (Å²) in [4.78, 5) is 0. The van der Waals surface area contributed by atoms with Gasteiger partial charge in [0.2, 0.25) is 0 Å². The molecular weight excluding hydrogens is 282 g/mol. The van der Waals surface area contributed by atoms with Crippen LogP contribution in [0.3, 0.4) is 0 Å². The summed E-state index contributed by atoms with van der Waals surface area (Å²) in [5, 5.41) is 3.32. The van der Waals surface area contributed by atoms with E-state index in [1.807, 2.05) is 12.1 Å². The van der Waals surface area contributed by atoms with Crippen LogP contribution in [0.15, 0.2) is 22.7 Å². The third-order valence-electron chi connectivity index (χ3n) is 2.77. The monoisotopic (exact) mass is 299 g/mol. The SMILES string of the molecule is CCNCc1cc(OC2CCOC2)ccc1Br. The zero-order chi connectivity index (χ0) is 12.1.